The Morgan fingerprint density at radius 1 is 1.19 bits per heavy atom. The van der Waals surface area contributed by atoms with E-state index in [1.807, 2.05) is 18.2 Å². The fourth-order valence-electron chi connectivity index (χ4n) is 4.02. The van der Waals surface area contributed by atoms with Gasteiger partial charge in [-0.25, -0.2) is 4.98 Å². The predicted octanol–water partition coefficient (Wildman–Crippen LogP) is 5.68. The second-order valence-corrected chi connectivity index (χ2v) is 9.83. The van der Waals surface area contributed by atoms with Gasteiger partial charge in [0.05, 0.1) is 28.8 Å². The molecule has 2 aromatic carbocycles. The van der Waals surface area contributed by atoms with Crippen LogP contribution in [0.1, 0.15) is 24.8 Å². The number of piperidine rings is 1. The predicted molar refractivity (Wildman–Crippen MR) is 129 cm³/mol. The summed E-state index contributed by atoms with van der Waals surface area (Å²) in [4.78, 5) is 18.0. The Labute approximate surface area is 200 Å². The standard InChI is InChI=1S/C23H24Cl2N2O4S/c1-30-23(6-9-31-18-11-15(12-21(28)29)10-17(25)13-18)4-7-27(8-5-23)22-26-19-3-2-16(24)14-20(19)32-22/h2-3,10-11,13-14H,4-9,12H2,1H3,(H,28,29). The van der Waals surface area contributed by atoms with E-state index in [0.29, 0.717) is 22.9 Å². The SMILES string of the molecule is COC1(CCOc2cc(Cl)cc(CC(=O)O)c2)CCN(c2nc3ccc(Cl)cc3s2)CC1. The van der Waals surface area contributed by atoms with Crippen LogP contribution < -0.4 is 9.64 Å². The minimum Gasteiger partial charge on any atom is -0.493 e. The maximum Gasteiger partial charge on any atom is 0.307 e. The van der Waals surface area contributed by atoms with Crippen molar-refractivity contribution in [2.45, 2.75) is 31.3 Å². The van der Waals surface area contributed by atoms with E-state index in [1.165, 1.54) is 0 Å². The Hall–Kier alpha value is -2.06. The molecule has 0 saturated carbocycles. The summed E-state index contributed by atoms with van der Waals surface area (Å²) in [6.45, 7) is 2.16. The van der Waals surface area contributed by atoms with Gasteiger partial charge in [0.2, 0.25) is 0 Å². The molecular weight excluding hydrogens is 471 g/mol. The van der Waals surface area contributed by atoms with Crippen molar-refractivity contribution < 1.29 is 19.4 Å². The van der Waals surface area contributed by atoms with E-state index in [1.54, 1.807) is 36.6 Å². The van der Waals surface area contributed by atoms with Crippen LogP contribution in [0.25, 0.3) is 10.2 Å². The fraction of sp³-hybridized carbons (Fsp3) is 0.391. The molecular formula is C23H24Cl2N2O4S. The Morgan fingerprint density at radius 3 is 2.69 bits per heavy atom. The fourth-order valence-corrected chi connectivity index (χ4v) is 5.56. The number of aliphatic carboxylic acids is 1. The van der Waals surface area contributed by atoms with E-state index < -0.39 is 5.97 Å². The normalized spacial score (nSPS) is 15.8. The summed E-state index contributed by atoms with van der Waals surface area (Å²) in [5.74, 6) is -0.329. The van der Waals surface area contributed by atoms with E-state index in [0.717, 1.165) is 52.7 Å². The molecule has 2 heterocycles. The number of thiazole rings is 1. The second kappa shape index (κ2) is 9.83. The van der Waals surface area contributed by atoms with Crippen LogP contribution in [0.5, 0.6) is 5.75 Å². The summed E-state index contributed by atoms with van der Waals surface area (Å²) in [7, 11) is 1.75. The Kier molecular flexibility index (Phi) is 7.10. The van der Waals surface area contributed by atoms with Crippen LogP contribution in [0, 0.1) is 0 Å². The number of carboxylic acid groups (broad SMARTS) is 1. The minimum absolute atomic E-state index is 0.0905. The van der Waals surface area contributed by atoms with Gasteiger partial charge in [-0.2, -0.15) is 0 Å². The molecule has 1 fully saturated rings. The molecule has 1 aliphatic rings. The third-order valence-corrected chi connectivity index (χ3v) is 7.36. The number of anilines is 1. The molecule has 0 spiro atoms. The van der Waals surface area contributed by atoms with E-state index in [2.05, 4.69) is 4.90 Å². The topological polar surface area (TPSA) is 71.9 Å². The molecule has 0 unspecified atom stereocenters. The van der Waals surface area contributed by atoms with Crippen LogP contribution in [0.2, 0.25) is 10.0 Å². The number of carboxylic acids is 1. The van der Waals surface area contributed by atoms with E-state index in [9.17, 15) is 4.79 Å². The van der Waals surface area contributed by atoms with E-state index in [4.69, 9.17) is 42.8 Å². The number of aromatic nitrogens is 1. The highest BCUT2D eigenvalue weighted by Crippen LogP contribution is 2.36. The number of methoxy groups -OCH3 is 1. The lowest BCUT2D eigenvalue weighted by Gasteiger charge is -2.40. The quantitative estimate of drug-likeness (QED) is 0.433. The third-order valence-electron chi connectivity index (χ3n) is 5.83. The van der Waals surface area contributed by atoms with Crippen LogP contribution in [0.15, 0.2) is 36.4 Å². The van der Waals surface area contributed by atoms with Gasteiger partial charge in [-0.1, -0.05) is 34.5 Å². The molecule has 1 N–H and O–H groups in total. The van der Waals surface area contributed by atoms with Crippen LogP contribution in [-0.2, 0) is 16.0 Å². The lowest BCUT2D eigenvalue weighted by molar-refractivity contribution is -0.136. The maximum atomic E-state index is 11.0. The monoisotopic (exact) mass is 494 g/mol. The molecule has 1 saturated heterocycles. The van der Waals surface area contributed by atoms with Crippen molar-refractivity contribution in [3.8, 4) is 5.75 Å². The van der Waals surface area contributed by atoms with Crippen molar-refractivity contribution in [2.75, 3.05) is 31.7 Å². The number of carbonyl (C=O) groups is 1. The Balaban J connectivity index is 1.35. The van der Waals surface area contributed by atoms with Crippen molar-refractivity contribution >= 4 is 55.9 Å². The number of ether oxygens (including phenoxy) is 2. The van der Waals surface area contributed by atoms with Crippen molar-refractivity contribution in [3.05, 3.63) is 52.0 Å². The van der Waals surface area contributed by atoms with Crippen LogP contribution >= 0.6 is 34.5 Å². The van der Waals surface area contributed by atoms with Gasteiger partial charge in [0.15, 0.2) is 5.13 Å². The summed E-state index contributed by atoms with van der Waals surface area (Å²) >= 11 is 13.9. The number of rotatable bonds is 8. The lowest BCUT2D eigenvalue weighted by atomic mass is 9.88. The third kappa shape index (κ3) is 5.46. The van der Waals surface area contributed by atoms with Crippen LogP contribution in [-0.4, -0.2) is 48.5 Å². The number of benzene rings is 2. The van der Waals surface area contributed by atoms with Crippen molar-refractivity contribution in [2.24, 2.45) is 0 Å². The van der Waals surface area contributed by atoms with Gasteiger partial charge in [-0.05, 0) is 54.8 Å². The largest absolute Gasteiger partial charge is 0.493 e. The van der Waals surface area contributed by atoms with Gasteiger partial charge in [0.25, 0.3) is 0 Å². The Bertz CT molecular complexity index is 1110. The molecule has 4 rings (SSSR count). The highest BCUT2D eigenvalue weighted by Gasteiger charge is 2.35. The number of hydrogen-bond donors (Lipinski definition) is 1. The van der Waals surface area contributed by atoms with Gasteiger partial charge >= 0.3 is 5.97 Å². The zero-order valence-corrected chi connectivity index (χ0v) is 20.0. The van der Waals surface area contributed by atoms with E-state index in [-0.39, 0.29) is 12.0 Å². The second-order valence-electron chi connectivity index (χ2n) is 7.95. The number of fused-ring (bicyclic) bond motifs is 1. The Morgan fingerprint density at radius 2 is 1.97 bits per heavy atom. The number of halogens is 2. The highest BCUT2D eigenvalue weighted by atomic mass is 35.5. The van der Waals surface area contributed by atoms with Gasteiger partial charge < -0.3 is 19.5 Å². The molecule has 9 heteroatoms. The summed E-state index contributed by atoms with van der Waals surface area (Å²) in [6, 6.07) is 10.8. The average Bonchev–Trinajstić information content (AvgIpc) is 3.16. The zero-order valence-electron chi connectivity index (χ0n) is 17.6. The molecule has 170 valence electrons. The van der Waals surface area contributed by atoms with Crippen molar-refractivity contribution in [1.29, 1.82) is 0 Å². The number of hydrogen-bond acceptors (Lipinski definition) is 6. The molecule has 0 radical (unpaired) electrons. The van der Waals surface area contributed by atoms with Gasteiger partial charge in [-0.15, -0.1) is 0 Å². The maximum absolute atomic E-state index is 11.0. The van der Waals surface area contributed by atoms with Crippen LogP contribution in [0.3, 0.4) is 0 Å². The molecule has 0 amide bonds. The highest BCUT2D eigenvalue weighted by molar-refractivity contribution is 7.22. The smallest absolute Gasteiger partial charge is 0.307 e. The molecule has 0 aliphatic carbocycles. The summed E-state index contributed by atoms with van der Waals surface area (Å²) in [5, 5.41) is 11.2. The molecule has 32 heavy (non-hydrogen) atoms. The number of nitrogens with zero attached hydrogens (tertiary/aromatic N) is 2. The minimum atomic E-state index is -0.903. The average molecular weight is 495 g/mol. The lowest BCUT2D eigenvalue weighted by Crippen LogP contribution is -2.46. The molecule has 1 aliphatic heterocycles. The first-order valence-electron chi connectivity index (χ1n) is 10.4. The molecule has 1 aromatic heterocycles. The van der Waals surface area contributed by atoms with Gasteiger partial charge in [0.1, 0.15) is 5.75 Å². The van der Waals surface area contributed by atoms with Gasteiger partial charge in [-0.3, -0.25) is 4.79 Å². The molecule has 0 bridgehead atoms. The van der Waals surface area contributed by atoms with Gasteiger partial charge in [0, 0.05) is 36.7 Å². The molecule has 0 atom stereocenters. The van der Waals surface area contributed by atoms with Crippen LogP contribution in [0.4, 0.5) is 5.13 Å². The summed E-state index contributed by atoms with van der Waals surface area (Å²) < 4.78 is 12.9. The summed E-state index contributed by atoms with van der Waals surface area (Å²) in [5.41, 5.74) is 1.32. The van der Waals surface area contributed by atoms with Crippen molar-refractivity contribution in [1.82, 2.24) is 4.98 Å². The molecule has 3 aromatic rings. The first-order chi connectivity index (χ1) is 15.4. The van der Waals surface area contributed by atoms with Crippen molar-refractivity contribution in [3.63, 3.8) is 0 Å². The summed E-state index contributed by atoms with van der Waals surface area (Å²) in [6.07, 6.45) is 2.37. The van der Waals surface area contributed by atoms with E-state index >= 15 is 0 Å². The first kappa shape index (κ1) is 23.1. The zero-order chi connectivity index (χ0) is 22.7. The first-order valence-corrected chi connectivity index (χ1v) is 11.9. The molecule has 6 nitrogen and oxygen atoms in total.